The molecule has 1 fully saturated rings. The predicted molar refractivity (Wildman–Crippen MR) is 139 cm³/mol. The van der Waals surface area contributed by atoms with E-state index in [4.69, 9.17) is 15.2 Å². The molecule has 1 amide bonds. The van der Waals surface area contributed by atoms with Gasteiger partial charge in [-0.25, -0.2) is 9.50 Å². The molecule has 1 aromatic carbocycles. The summed E-state index contributed by atoms with van der Waals surface area (Å²) in [5, 5.41) is 38.5. The number of hydrogen-bond acceptors (Lipinski definition) is 10. The van der Waals surface area contributed by atoms with Crippen LogP contribution in [0.2, 0.25) is 0 Å². The highest BCUT2D eigenvalue weighted by molar-refractivity contribution is 5.97. The Balaban J connectivity index is 1.54. The quantitative estimate of drug-likeness (QED) is 0.287. The molecule has 2 aromatic heterocycles. The topological polar surface area (TPSA) is 185 Å². The number of rotatable bonds is 9. The zero-order valence-corrected chi connectivity index (χ0v) is 21.9. The van der Waals surface area contributed by atoms with Crippen LogP contribution in [-0.2, 0) is 31.1 Å². The number of aromatic nitrogens is 3. The number of carbonyl (C=O) groups excluding carboxylic acids is 2. The van der Waals surface area contributed by atoms with Gasteiger partial charge in [0.2, 0.25) is 11.5 Å². The van der Waals surface area contributed by atoms with Gasteiger partial charge < -0.3 is 30.7 Å². The van der Waals surface area contributed by atoms with Crippen LogP contribution in [0.5, 0.6) is 0 Å². The minimum absolute atomic E-state index is 0.0781. The van der Waals surface area contributed by atoms with Crippen LogP contribution >= 0.6 is 0 Å². The second kappa shape index (κ2) is 11.5. The Hall–Kier alpha value is -3.89. The summed E-state index contributed by atoms with van der Waals surface area (Å²) in [7, 11) is 0. The third kappa shape index (κ3) is 5.76. The van der Waals surface area contributed by atoms with Gasteiger partial charge in [-0.05, 0) is 37.0 Å². The highest BCUT2D eigenvalue weighted by atomic mass is 16.6. The first-order chi connectivity index (χ1) is 18.6. The highest BCUT2D eigenvalue weighted by Crippen LogP contribution is 2.40. The standard InChI is InChI=1S/C27H32N6O6/c1-15(2)10-22(34)38-12-20-23(35)24(36)27(13-28,39-20)21-9-8-19-25(30-14-31-33(19)21)32-26(37)18(29)11-17-6-4-16(3)5-7-17/h4-9,14-15,18,20,23-24,35-36H,10-12,29H2,1-3H3,(H,30,31,32,37)/t18-,20+,23+,24+,27-/m0/s1. The zero-order chi connectivity index (χ0) is 28.3. The monoisotopic (exact) mass is 536 g/mol. The van der Waals surface area contributed by atoms with E-state index in [-0.39, 0.29) is 30.5 Å². The number of amides is 1. The smallest absolute Gasteiger partial charge is 0.306 e. The molecular weight excluding hydrogens is 504 g/mol. The second-order valence-electron chi connectivity index (χ2n) is 10.1. The predicted octanol–water partition coefficient (Wildman–Crippen LogP) is 0.975. The first kappa shape index (κ1) is 28.1. The number of nitrogens with zero attached hydrogens (tertiary/aromatic N) is 4. The number of carbonyl (C=O) groups is 2. The number of anilines is 1. The van der Waals surface area contributed by atoms with E-state index in [0.29, 0.717) is 11.9 Å². The lowest BCUT2D eigenvalue weighted by molar-refractivity contribution is -0.151. The Morgan fingerprint density at radius 2 is 1.97 bits per heavy atom. The van der Waals surface area contributed by atoms with Crippen LogP contribution in [0, 0.1) is 24.2 Å². The van der Waals surface area contributed by atoms with Crippen molar-refractivity contribution in [1.29, 1.82) is 5.26 Å². The van der Waals surface area contributed by atoms with Crippen molar-refractivity contribution in [3.8, 4) is 6.07 Å². The SMILES string of the molecule is Cc1ccc(C[C@H](N)C(=O)Nc2ncnn3c([C@]4(C#N)O[C@H](COC(=O)CC(C)C)[C@@H](O)[C@H]4O)ccc23)cc1. The Morgan fingerprint density at radius 1 is 1.26 bits per heavy atom. The van der Waals surface area contributed by atoms with E-state index >= 15 is 0 Å². The summed E-state index contributed by atoms with van der Waals surface area (Å²) >= 11 is 0. The van der Waals surface area contributed by atoms with Gasteiger partial charge in [0.1, 0.15) is 42.8 Å². The molecule has 5 atom stereocenters. The summed E-state index contributed by atoms with van der Waals surface area (Å²) in [6, 6.07) is 11.8. The Labute approximate surface area is 225 Å². The van der Waals surface area contributed by atoms with Crippen LogP contribution < -0.4 is 11.1 Å². The number of esters is 1. The molecule has 1 aliphatic heterocycles. The molecule has 5 N–H and O–H groups in total. The molecule has 0 spiro atoms. The van der Waals surface area contributed by atoms with Crippen LogP contribution in [0.3, 0.4) is 0 Å². The van der Waals surface area contributed by atoms with Gasteiger partial charge in [0.25, 0.3) is 0 Å². The number of aryl methyl sites for hydroxylation is 1. The summed E-state index contributed by atoms with van der Waals surface area (Å²) in [6.45, 7) is 5.35. The minimum atomic E-state index is -2.03. The molecule has 1 aliphatic rings. The van der Waals surface area contributed by atoms with Gasteiger partial charge in [-0.2, -0.15) is 10.4 Å². The van der Waals surface area contributed by atoms with Crippen molar-refractivity contribution in [3.05, 3.63) is 59.5 Å². The third-order valence-corrected chi connectivity index (χ3v) is 6.59. The normalized spacial score (nSPS) is 23.5. The third-order valence-electron chi connectivity index (χ3n) is 6.59. The van der Waals surface area contributed by atoms with Crippen LogP contribution in [0.25, 0.3) is 5.52 Å². The lowest BCUT2D eigenvalue weighted by Gasteiger charge is -2.24. The zero-order valence-electron chi connectivity index (χ0n) is 21.9. The van der Waals surface area contributed by atoms with Gasteiger partial charge in [-0.1, -0.05) is 43.7 Å². The van der Waals surface area contributed by atoms with Gasteiger partial charge >= 0.3 is 5.97 Å². The maximum Gasteiger partial charge on any atom is 0.306 e. The van der Waals surface area contributed by atoms with Crippen LogP contribution in [-0.4, -0.2) is 67.6 Å². The summed E-state index contributed by atoms with van der Waals surface area (Å²) in [4.78, 5) is 29.0. The molecule has 12 nitrogen and oxygen atoms in total. The Bertz CT molecular complexity index is 1380. The fourth-order valence-corrected chi connectivity index (χ4v) is 4.48. The summed E-state index contributed by atoms with van der Waals surface area (Å²) < 4.78 is 12.3. The van der Waals surface area contributed by atoms with E-state index in [1.54, 1.807) is 6.07 Å². The van der Waals surface area contributed by atoms with E-state index in [0.717, 1.165) is 11.1 Å². The first-order valence-electron chi connectivity index (χ1n) is 12.6. The average molecular weight is 537 g/mol. The van der Waals surface area contributed by atoms with E-state index < -0.39 is 41.8 Å². The van der Waals surface area contributed by atoms with Gasteiger partial charge in [0, 0.05) is 6.42 Å². The van der Waals surface area contributed by atoms with Crippen LogP contribution in [0.4, 0.5) is 5.82 Å². The van der Waals surface area contributed by atoms with E-state index in [9.17, 15) is 25.1 Å². The van der Waals surface area contributed by atoms with Crippen molar-refractivity contribution in [2.75, 3.05) is 11.9 Å². The second-order valence-corrected chi connectivity index (χ2v) is 10.1. The number of benzene rings is 1. The molecular formula is C27H32N6O6. The molecule has 0 saturated carbocycles. The molecule has 0 bridgehead atoms. The van der Waals surface area contributed by atoms with Crippen molar-refractivity contribution < 1.29 is 29.3 Å². The summed E-state index contributed by atoms with van der Waals surface area (Å²) in [6.07, 6.45) is -2.67. The number of ether oxygens (including phenoxy) is 2. The Morgan fingerprint density at radius 3 is 2.64 bits per heavy atom. The number of aliphatic hydroxyl groups is 2. The fraction of sp³-hybridized carbons (Fsp3) is 0.444. The summed E-state index contributed by atoms with van der Waals surface area (Å²) in [5.41, 5.74) is 6.52. The van der Waals surface area contributed by atoms with Crippen LogP contribution in [0.15, 0.2) is 42.7 Å². The van der Waals surface area contributed by atoms with E-state index in [1.807, 2.05) is 51.1 Å². The minimum Gasteiger partial charge on any atom is -0.463 e. The van der Waals surface area contributed by atoms with Crippen molar-refractivity contribution >= 4 is 23.2 Å². The van der Waals surface area contributed by atoms with Gasteiger partial charge in [0.05, 0.1) is 11.7 Å². The maximum atomic E-state index is 12.8. The number of fused-ring (bicyclic) bond motifs is 1. The van der Waals surface area contributed by atoms with E-state index in [1.165, 1.54) is 16.9 Å². The molecule has 0 radical (unpaired) electrons. The number of nitriles is 1. The summed E-state index contributed by atoms with van der Waals surface area (Å²) in [5.74, 6) is -0.730. The average Bonchev–Trinajstić information content (AvgIpc) is 3.44. The Kier molecular flexibility index (Phi) is 8.27. The molecule has 1 saturated heterocycles. The first-order valence-corrected chi connectivity index (χ1v) is 12.6. The highest BCUT2D eigenvalue weighted by Gasteiger charge is 2.57. The van der Waals surface area contributed by atoms with Crippen LogP contribution in [0.1, 0.15) is 37.1 Å². The van der Waals surface area contributed by atoms with Crippen molar-refractivity contribution in [2.45, 2.75) is 63.6 Å². The van der Waals surface area contributed by atoms with Gasteiger partial charge in [0.15, 0.2) is 5.82 Å². The lowest BCUT2D eigenvalue weighted by Crippen LogP contribution is -2.41. The molecule has 12 heteroatoms. The molecule has 0 unspecified atom stereocenters. The number of nitrogens with one attached hydrogen (secondary N) is 1. The van der Waals surface area contributed by atoms with Gasteiger partial charge in [-0.15, -0.1) is 0 Å². The maximum absolute atomic E-state index is 12.8. The van der Waals surface area contributed by atoms with E-state index in [2.05, 4.69) is 15.4 Å². The lowest BCUT2D eigenvalue weighted by atomic mass is 9.92. The molecule has 3 aromatic rings. The fourth-order valence-electron chi connectivity index (χ4n) is 4.48. The molecule has 0 aliphatic carbocycles. The van der Waals surface area contributed by atoms with Crippen molar-refractivity contribution in [3.63, 3.8) is 0 Å². The number of aliphatic hydroxyl groups excluding tert-OH is 2. The molecule has 206 valence electrons. The molecule has 4 rings (SSSR count). The van der Waals surface area contributed by atoms with Crippen molar-refractivity contribution in [2.24, 2.45) is 11.7 Å². The number of hydrogen-bond donors (Lipinski definition) is 4. The molecule has 3 heterocycles. The number of nitrogens with two attached hydrogens (primary N) is 1. The molecule has 39 heavy (non-hydrogen) atoms. The van der Waals surface area contributed by atoms with Gasteiger partial charge in [-0.3, -0.25) is 9.59 Å². The largest absolute Gasteiger partial charge is 0.463 e. The van der Waals surface area contributed by atoms with Crippen molar-refractivity contribution in [1.82, 2.24) is 14.6 Å².